The van der Waals surface area contributed by atoms with Crippen LogP contribution in [0.1, 0.15) is 49.4 Å². The predicted molar refractivity (Wildman–Crippen MR) is 109 cm³/mol. The van der Waals surface area contributed by atoms with E-state index >= 15 is 0 Å². The molecule has 156 valence electrons. The number of rotatable bonds is 5. The van der Waals surface area contributed by atoms with E-state index in [4.69, 9.17) is 14.2 Å². The number of ether oxygens (including phenoxy) is 1. The Bertz CT molecular complexity index is 844. The first kappa shape index (κ1) is 20.0. The van der Waals surface area contributed by atoms with Crippen molar-refractivity contribution in [2.45, 2.75) is 45.6 Å². The lowest BCUT2D eigenvalue weighted by Gasteiger charge is -2.35. The fourth-order valence-electron chi connectivity index (χ4n) is 4.22. The zero-order valence-corrected chi connectivity index (χ0v) is 17.4. The van der Waals surface area contributed by atoms with Crippen LogP contribution in [0, 0.1) is 6.92 Å². The summed E-state index contributed by atoms with van der Waals surface area (Å²) < 4.78 is 11.4. The van der Waals surface area contributed by atoms with Gasteiger partial charge in [-0.25, -0.2) is 4.98 Å². The van der Waals surface area contributed by atoms with E-state index in [1.807, 2.05) is 36.9 Å². The molecule has 4 heterocycles. The average molecular weight is 399 g/mol. The van der Waals surface area contributed by atoms with Crippen molar-refractivity contribution in [2.75, 3.05) is 39.3 Å². The summed E-state index contributed by atoms with van der Waals surface area (Å²) in [5.41, 5.74) is 3.50. The number of carbonyl (C=O) groups is 1. The minimum absolute atomic E-state index is 0.194. The third-order valence-electron chi connectivity index (χ3n) is 5.84. The highest BCUT2D eigenvalue weighted by Crippen LogP contribution is 2.29. The molecule has 1 atom stereocenters. The number of likely N-dealkylation sites (tertiary alicyclic amines) is 1. The molecule has 2 fully saturated rings. The van der Waals surface area contributed by atoms with Crippen LogP contribution < -0.4 is 0 Å². The standard InChI is InChI=1S/C22H30N4O3/c1-3-19-22(16(2)24-29-19)18-9-7-8-17(23-18)20-14-26(12-13-28-20)21(27)15-25-10-5-4-6-11-25/h7-9,20H,3-6,10-15H2,1-2H3. The minimum Gasteiger partial charge on any atom is -0.368 e. The number of amides is 1. The predicted octanol–water partition coefficient (Wildman–Crippen LogP) is 2.99. The quantitative estimate of drug-likeness (QED) is 0.771. The van der Waals surface area contributed by atoms with Crippen LogP contribution in [0.25, 0.3) is 11.3 Å². The highest BCUT2D eigenvalue weighted by atomic mass is 16.5. The molecular weight excluding hydrogens is 368 g/mol. The molecule has 0 aromatic carbocycles. The number of aromatic nitrogens is 2. The summed E-state index contributed by atoms with van der Waals surface area (Å²) in [6.45, 7) is 8.28. The van der Waals surface area contributed by atoms with Crippen LogP contribution in [0.4, 0.5) is 0 Å². The van der Waals surface area contributed by atoms with Crippen molar-refractivity contribution in [2.24, 2.45) is 0 Å². The normalized spacial score (nSPS) is 20.8. The SMILES string of the molecule is CCc1onc(C)c1-c1cccc(C2CN(C(=O)CN3CCCCC3)CCO2)n1. The van der Waals surface area contributed by atoms with Gasteiger partial charge < -0.3 is 14.2 Å². The van der Waals surface area contributed by atoms with Crippen LogP contribution in [0.3, 0.4) is 0 Å². The second-order valence-corrected chi connectivity index (χ2v) is 7.90. The van der Waals surface area contributed by atoms with Crippen molar-refractivity contribution in [3.8, 4) is 11.3 Å². The average Bonchev–Trinajstić information content (AvgIpc) is 3.15. The van der Waals surface area contributed by atoms with Gasteiger partial charge >= 0.3 is 0 Å². The first-order chi connectivity index (χ1) is 14.2. The topological polar surface area (TPSA) is 71.7 Å². The third kappa shape index (κ3) is 4.51. The van der Waals surface area contributed by atoms with E-state index in [1.54, 1.807) is 0 Å². The molecule has 0 aliphatic carbocycles. The second-order valence-electron chi connectivity index (χ2n) is 7.90. The molecule has 0 saturated carbocycles. The Hall–Kier alpha value is -2.25. The van der Waals surface area contributed by atoms with Gasteiger partial charge in [0.15, 0.2) is 0 Å². The number of hydrogen-bond acceptors (Lipinski definition) is 6. The first-order valence-electron chi connectivity index (χ1n) is 10.7. The third-order valence-corrected chi connectivity index (χ3v) is 5.84. The number of pyridine rings is 1. The Morgan fingerprint density at radius 2 is 2.03 bits per heavy atom. The zero-order chi connectivity index (χ0) is 20.2. The lowest BCUT2D eigenvalue weighted by Crippen LogP contribution is -2.47. The lowest BCUT2D eigenvalue weighted by atomic mass is 10.1. The van der Waals surface area contributed by atoms with Crippen LogP contribution in [-0.4, -0.2) is 65.2 Å². The molecule has 4 rings (SSSR count). The van der Waals surface area contributed by atoms with Crippen LogP contribution >= 0.6 is 0 Å². The van der Waals surface area contributed by atoms with E-state index in [0.29, 0.717) is 26.2 Å². The molecule has 2 aromatic heterocycles. The molecule has 2 aromatic rings. The summed E-state index contributed by atoms with van der Waals surface area (Å²) >= 11 is 0. The maximum atomic E-state index is 12.8. The monoisotopic (exact) mass is 398 g/mol. The number of hydrogen-bond donors (Lipinski definition) is 0. The molecule has 0 N–H and O–H groups in total. The van der Waals surface area contributed by atoms with E-state index in [0.717, 1.165) is 47.9 Å². The lowest BCUT2D eigenvalue weighted by molar-refractivity contribution is -0.140. The summed E-state index contributed by atoms with van der Waals surface area (Å²) in [6.07, 6.45) is 4.22. The molecule has 7 heteroatoms. The van der Waals surface area contributed by atoms with Gasteiger partial charge in [-0.15, -0.1) is 0 Å². The van der Waals surface area contributed by atoms with Crippen molar-refractivity contribution < 1.29 is 14.1 Å². The Balaban J connectivity index is 1.47. The Labute approximate surface area is 172 Å². The molecule has 2 aliphatic rings. The smallest absolute Gasteiger partial charge is 0.236 e. The van der Waals surface area contributed by atoms with E-state index in [2.05, 4.69) is 10.1 Å². The number of nitrogens with zero attached hydrogens (tertiary/aromatic N) is 4. The maximum Gasteiger partial charge on any atom is 0.236 e. The molecule has 0 bridgehead atoms. The van der Waals surface area contributed by atoms with Gasteiger partial charge in [0.2, 0.25) is 5.91 Å². The molecular formula is C22H30N4O3. The van der Waals surface area contributed by atoms with E-state index in [1.165, 1.54) is 19.3 Å². The van der Waals surface area contributed by atoms with E-state index < -0.39 is 0 Å². The summed E-state index contributed by atoms with van der Waals surface area (Å²) in [4.78, 5) is 21.9. The molecule has 2 aliphatic heterocycles. The molecule has 1 amide bonds. The molecule has 0 radical (unpaired) electrons. The second kappa shape index (κ2) is 9.05. The van der Waals surface area contributed by atoms with Crippen molar-refractivity contribution in [1.29, 1.82) is 0 Å². The fourth-order valence-corrected chi connectivity index (χ4v) is 4.22. The minimum atomic E-state index is -0.209. The molecule has 29 heavy (non-hydrogen) atoms. The van der Waals surface area contributed by atoms with Gasteiger partial charge in [-0.1, -0.05) is 24.6 Å². The zero-order valence-electron chi connectivity index (χ0n) is 17.4. The van der Waals surface area contributed by atoms with Crippen LogP contribution in [0.2, 0.25) is 0 Å². The van der Waals surface area contributed by atoms with Crippen LogP contribution in [-0.2, 0) is 16.0 Å². The van der Waals surface area contributed by atoms with Crippen molar-refractivity contribution >= 4 is 5.91 Å². The van der Waals surface area contributed by atoms with Crippen molar-refractivity contribution in [3.05, 3.63) is 35.3 Å². The molecule has 2 saturated heterocycles. The number of morpholine rings is 1. The fraction of sp³-hybridized carbons (Fsp3) is 0.591. The summed E-state index contributed by atoms with van der Waals surface area (Å²) in [5.74, 6) is 1.04. The Morgan fingerprint density at radius 1 is 1.21 bits per heavy atom. The molecule has 0 spiro atoms. The van der Waals surface area contributed by atoms with Gasteiger partial charge in [0.1, 0.15) is 11.9 Å². The maximum absolute atomic E-state index is 12.8. The number of aryl methyl sites for hydroxylation is 2. The van der Waals surface area contributed by atoms with Gasteiger partial charge in [-0.2, -0.15) is 0 Å². The van der Waals surface area contributed by atoms with Gasteiger partial charge in [0, 0.05) is 13.0 Å². The summed E-state index contributed by atoms with van der Waals surface area (Å²) in [7, 11) is 0. The van der Waals surface area contributed by atoms with Crippen LogP contribution in [0.5, 0.6) is 0 Å². The number of carbonyl (C=O) groups excluding carboxylic acids is 1. The largest absolute Gasteiger partial charge is 0.368 e. The van der Waals surface area contributed by atoms with Gasteiger partial charge in [-0.05, 0) is 45.0 Å². The first-order valence-corrected chi connectivity index (χ1v) is 10.7. The molecule has 7 nitrogen and oxygen atoms in total. The molecule has 1 unspecified atom stereocenters. The van der Waals surface area contributed by atoms with Crippen molar-refractivity contribution in [1.82, 2.24) is 19.9 Å². The van der Waals surface area contributed by atoms with Gasteiger partial charge in [0.25, 0.3) is 0 Å². The summed E-state index contributed by atoms with van der Waals surface area (Å²) in [5, 5.41) is 4.09. The van der Waals surface area contributed by atoms with E-state index in [-0.39, 0.29) is 12.0 Å². The Morgan fingerprint density at radius 3 is 2.83 bits per heavy atom. The number of piperidine rings is 1. The van der Waals surface area contributed by atoms with Gasteiger partial charge in [-0.3, -0.25) is 9.69 Å². The van der Waals surface area contributed by atoms with Crippen LogP contribution in [0.15, 0.2) is 22.7 Å². The highest BCUT2D eigenvalue weighted by molar-refractivity contribution is 5.78. The van der Waals surface area contributed by atoms with Crippen molar-refractivity contribution in [3.63, 3.8) is 0 Å². The summed E-state index contributed by atoms with van der Waals surface area (Å²) in [6, 6.07) is 5.94. The highest BCUT2D eigenvalue weighted by Gasteiger charge is 2.28. The van der Waals surface area contributed by atoms with E-state index in [9.17, 15) is 4.79 Å². The Kier molecular flexibility index (Phi) is 6.25. The van der Waals surface area contributed by atoms with Gasteiger partial charge in [0.05, 0.1) is 42.3 Å².